The SMILES string of the molecule is CCCCC/C=C\C/C=C\C/C=C\CCCCC(C)=O. The van der Waals surface area contributed by atoms with Crippen molar-refractivity contribution in [3.63, 3.8) is 0 Å². The van der Waals surface area contributed by atoms with Gasteiger partial charge in [0.15, 0.2) is 0 Å². The molecule has 0 aliphatic carbocycles. The van der Waals surface area contributed by atoms with E-state index in [0.29, 0.717) is 5.78 Å². The van der Waals surface area contributed by atoms with Gasteiger partial charge in [-0.15, -0.1) is 0 Å². The lowest BCUT2D eigenvalue weighted by atomic mass is 10.1. The van der Waals surface area contributed by atoms with Crippen molar-refractivity contribution in [2.75, 3.05) is 0 Å². The van der Waals surface area contributed by atoms with E-state index in [1.54, 1.807) is 6.92 Å². The molecule has 0 amide bonds. The predicted molar refractivity (Wildman–Crippen MR) is 89.9 cm³/mol. The van der Waals surface area contributed by atoms with E-state index in [1.807, 2.05) is 0 Å². The number of allylic oxidation sites excluding steroid dienone is 6. The molecular weight excluding hydrogens is 244 g/mol. The topological polar surface area (TPSA) is 17.1 Å². The quantitative estimate of drug-likeness (QED) is 0.290. The molecule has 1 nitrogen and oxygen atoms in total. The summed E-state index contributed by atoms with van der Waals surface area (Å²) in [6.45, 7) is 3.90. The molecule has 0 spiro atoms. The monoisotopic (exact) mass is 276 g/mol. The fourth-order valence-corrected chi connectivity index (χ4v) is 1.93. The highest BCUT2D eigenvalue weighted by Gasteiger charge is 1.91. The zero-order valence-electron chi connectivity index (χ0n) is 13.4. The normalized spacial score (nSPS) is 12.1. The van der Waals surface area contributed by atoms with E-state index >= 15 is 0 Å². The molecular formula is C19H32O. The van der Waals surface area contributed by atoms with Crippen LogP contribution < -0.4 is 0 Å². The second kappa shape index (κ2) is 15.9. The predicted octanol–water partition coefficient (Wildman–Crippen LogP) is 6.16. The van der Waals surface area contributed by atoms with Crippen molar-refractivity contribution in [1.29, 1.82) is 0 Å². The van der Waals surface area contributed by atoms with Gasteiger partial charge < -0.3 is 4.79 Å². The van der Waals surface area contributed by atoms with Crippen LogP contribution in [0.1, 0.15) is 78.1 Å². The highest BCUT2D eigenvalue weighted by Crippen LogP contribution is 2.03. The first-order valence-electron chi connectivity index (χ1n) is 8.21. The molecule has 20 heavy (non-hydrogen) atoms. The van der Waals surface area contributed by atoms with Crippen LogP contribution in [0.5, 0.6) is 0 Å². The van der Waals surface area contributed by atoms with Gasteiger partial charge in [-0.05, 0) is 51.9 Å². The van der Waals surface area contributed by atoms with Crippen molar-refractivity contribution < 1.29 is 4.79 Å². The zero-order chi connectivity index (χ0) is 14.9. The number of ketones is 1. The van der Waals surface area contributed by atoms with E-state index in [-0.39, 0.29) is 0 Å². The van der Waals surface area contributed by atoms with Crippen LogP contribution in [-0.2, 0) is 4.79 Å². The van der Waals surface area contributed by atoms with Gasteiger partial charge in [0.05, 0.1) is 0 Å². The first-order valence-corrected chi connectivity index (χ1v) is 8.21. The lowest BCUT2D eigenvalue weighted by Crippen LogP contribution is -1.88. The van der Waals surface area contributed by atoms with E-state index in [4.69, 9.17) is 0 Å². The van der Waals surface area contributed by atoms with E-state index in [9.17, 15) is 4.79 Å². The largest absolute Gasteiger partial charge is 0.300 e. The minimum Gasteiger partial charge on any atom is -0.300 e. The van der Waals surface area contributed by atoms with Gasteiger partial charge in [-0.1, -0.05) is 56.2 Å². The van der Waals surface area contributed by atoms with Gasteiger partial charge in [0.2, 0.25) is 0 Å². The summed E-state index contributed by atoms with van der Waals surface area (Å²) in [4.78, 5) is 10.7. The number of unbranched alkanes of at least 4 members (excludes halogenated alkanes) is 5. The van der Waals surface area contributed by atoms with Crippen molar-refractivity contribution in [2.45, 2.75) is 78.1 Å². The molecule has 0 aromatic rings. The van der Waals surface area contributed by atoms with Crippen molar-refractivity contribution in [3.8, 4) is 0 Å². The van der Waals surface area contributed by atoms with Crippen LogP contribution in [0.4, 0.5) is 0 Å². The fraction of sp³-hybridized carbons (Fsp3) is 0.632. The van der Waals surface area contributed by atoms with Crippen molar-refractivity contribution in [2.24, 2.45) is 0 Å². The second-order valence-corrected chi connectivity index (χ2v) is 5.33. The highest BCUT2D eigenvalue weighted by atomic mass is 16.1. The lowest BCUT2D eigenvalue weighted by molar-refractivity contribution is -0.117. The summed E-state index contributed by atoms with van der Waals surface area (Å²) in [6, 6.07) is 0. The van der Waals surface area contributed by atoms with Crippen LogP contribution in [0, 0.1) is 0 Å². The van der Waals surface area contributed by atoms with Crippen molar-refractivity contribution in [3.05, 3.63) is 36.5 Å². The maximum atomic E-state index is 10.7. The molecule has 0 bridgehead atoms. The summed E-state index contributed by atoms with van der Waals surface area (Å²) < 4.78 is 0. The third kappa shape index (κ3) is 16.9. The minimum atomic E-state index is 0.305. The van der Waals surface area contributed by atoms with Crippen LogP contribution in [0.3, 0.4) is 0 Å². The Morgan fingerprint density at radius 1 is 0.750 bits per heavy atom. The summed E-state index contributed by atoms with van der Waals surface area (Å²) in [6.07, 6.45) is 24.7. The Kier molecular flexibility index (Phi) is 15.1. The number of rotatable bonds is 13. The molecule has 0 heterocycles. The Labute approximate surface area is 125 Å². The first kappa shape index (κ1) is 18.9. The standard InChI is InChI=1S/C19H32O/c1-3-4-5-6-7-8-9-10-11-12-13-14-15-16-17-18-19(2)20/h7-8,10-11,13-14H,3-6,9,12,15-18H2,1-2H3/b8-7-,11-10-,14-13-. The number of hydrogen-bond acceptors (Lipinski definition) is 1. The average Bonchev–Trinajstić information content (AvgIpc) is 2.43. The maximum absolute atomic E-state index is 10.7. The van der Waals surface area contributed by atoms with E-state index in [0.717, 1.165) is 38.5 Å². The Morgan fingerprint density at radius 2 is 1.25 bits per heavy atom. The molecule has 0 aromatic heterocycles. The number of Topliss-reactive ketones (excluding diaryl/α,β-unsaturated/α-hetero) is 1. The van der Waals surface area contributed by atoms with Gasteiger partial charge in [-0.2, -0.15) is 0 Å². The van der Waals surface area contributed by atoms with Gasteiger partial charge in [0, 0.05) is 6.42 Å². The number of carbonyl (C=O) groups excluding carboxylic acids is 1. The number of hydrogen-bond donors (Lipinski definition) is 0. The molecule has 0 aromatic carbocycles. The molecule has 0 saturated carbocycles. The highest BCUT2D eigenvalue weighted by molar-refractivity contribution is 5.75. The van der Waals surface area contributed by atoms with Gasteiger partial charge >= 0.3 is 0 Å². The molecule has 0 fully saturated rings. The van der Waals surface area contributed by atoms with Crippen LogP contribution in [0.2, 0.25) is 0 Å². The minimum absolute atomic E-state index is 0.305. The lowest BCUT2D eigenvalue weighted by Gasteiger charge is -1.93. The fourth-order valence-electron chi connectivity index (χ4n) is 1.93. The molecule has 0 radical (unpaired) electrons. The molecule has 0 N–H and O–H groups in total. The van der Waals surface area contributed by atoms with Gasteiger partial charge in [-0.25, -0.2) is 0 Å². The average molecular weight is 276 g/mol. The van der Waals surface area contributed by atoms with Crippen LogP contribution in [0.25, 0.3) is 0 Å². The van der Waals surface area contributed by atoms with Crippen molar-refractivity contribution >= 4 is 5.78 Å². The molecule has 0 aliphatic rings. The zero-order valence-corrected chi connectivity index (χ0v) is 13.4. The molecule has 114 valence electrons. The Bertz CT molecular complexity index is 297. The van der Waals surface area contributed by atoms with Crippen molar-refractivity contribution in [1.82, 2.24) is 0 Å². The molecule has 1 heteroatoms. The van der Waals surface area contributed by atoms with Crippen LogP contribution in [0.15, 0.2) is 36.5 Å². The van der Waals surface area contributed by atoms with E-state index in [1.165, 1.54) is 25.7 Å². The van der Waals surface area contributed by atoms with Crippen LogP contribution >= 0.6 is 0 Å². The van der Waals surface area contributed by atoms with Gasteiger partial charge in [0.1, 0.15) is 5.78 Å². The molecule has 0 atom stereocenters. The molecule has 0 unspecified atom stereocenters. The molecule has 0 aliphatic heterocycles. The molecule has 0 saturated heterocycles. The summed E-state index contributed by atoms with van der Waals surface area (Å²) in [5.74, 6) is 0.305. The summed E-state index contributed by atoms with van der Waals surface area (Å²) >= 11 is 0. The Hall–Kier alpha value is -1.11. The third-order valence-electron chi connectivity index (χ3n) is 3.17. The summed E-state index contributed by atoms with van der Waals surface area (Å²) in [5.41, 5.74) is 0. The van der Waals surface area contributed by atoms with E-state index < -0.39 is 0 Å². The second-order valence-electron chi connectivity index (χ2n) is 5.33. The van der Waals surface area contributed by atoms with Gasteiger partial charge in [0.25, 0.3) is 0 Å². The maximum Gasteiger partial charge on any atom is 0.129 e. The Morgan fingerprint density at radius 3 is 1.75 bits per heavy atom. The van der Waals surface area contributed by atoms with E-state index in [2.05, 4.69) is 43.4 Å². The summed E-state index contributed by atoms with van der Waals surface area (Å²) in [7, 11) is 0. The number of carbonyl (C=O) groups is 1. The first-order chi connectivity index (χ1) is 9.77. The van der Waals surface area contributed by atoms with Crippen LogP contribution in [-0.4, -0.2) is 5.78 Å². The van der Waals surface area contributed by atoms with Gasteiger partial charge in [-0.3, -0.25) is 0 Å². The Balaban J connectivity index is 3.32. The molecule has 0 rings (SSSR count). The third-order valence-corrected chi connectivity index (χ3v) is 3.17. The smallest absolute Gasteiger partial charge is 0.129 e. The summed E-state index contributed by atoms with van der Waals surface area (Å²) in [5, 5.41) is 0.